The molecule has 12 unspecified atom stereocenters. The third kappa shape index (κ3) is 36.0. The molecule has 0 saturated carbocycles. The van der Waals surface area contributed by atoms with Gasteiger partial charge in [-0.2, -0.15) is 0 Å². The van der Waals surface area contributed by atoms with Gasteiger partial charge in [0.15, 0.2) is 12.6 Å². The van der Waals surface area contributed by atoms with Gasteiger partial charge in [0.05, 0.1) is 32.0 Å². The Kier molecular flexibility index (Phi) is 47.4. The van der Waals surface area contributed by atoms with Gasteiger partial charge < -0.3 is 65.1 Å². The first-order chi connectivity index (χ1) is 38.6. The Morgan fingerprint density at radius 3 is 1.24 bits per heavy atom. The van der Waals surface area contributed by atoms with E-state index in [1.807, 2.05) is 6.08 Å². The zero-order valence-electron chi connectivity index (χ0n) is 50.4. The largest absolute Gasteiger partial charge is 0.394 e. The summed E-state index contributed by atoms with van der Waals surface area (Å²) in [5, 5.41) is 87.3. The van der Waals surface area contributed by atoms with Crippen LogP contribution < -0.4 is 5.32 Å². The monoisotopic (exact) mass is 1130 g/mol. The summed E-state index contributed by atoms with van der Waals surface area (Å²) in [7, 11) is 0. The Morgan fingerprint density at radius 1 is 0.443 bits per heavy atom. The van der Waals surface area contributed by atoms with Crippen molar-refractivity contribution >= 4 is 5.91 Å². The van der Waals surface area contributed by atoms with E-state index in [1.165, 1.54) is 225 Å². The molecular weight excluding hydrogens is 1000 g/mol. The van der Waals surface area contributed by atoms with Crippen molar-refractivity contribution in [3.8, 4) is 0 Å². The minimum Gasteiger partial charge on any atom is -0.394 e. The van der Waals surface area contributed by atoms with Gasteiger partial charge in [0, 0.05) is 6.42 Å². The third-order valence-electron chi connectivity index (χ3n) is 16.4. The van der Waals surface area contributed by atoms with E-state index >= 15 is 0 Å². The minimum atomic E-state index is -1.79. The highest BCUT2D eigenvalue weighted by Crippen LogP contribution is 2.30. The summed E-state index contributed by atoms with van der Waals surface area (Å²) in [6.45, 7) is 2.83. The molecule has 0 aromatic rings. The van der Waals surface area contributed by atoms with Gasteiger partial charge in [0.2, 0.25) is 5.91 Å². The van der Waals surface area contributed by atoms with Crippen LogP contribution in [0.1, 0.15) is 290 Å². The smallest absolute Gasteiger partial charge is 0.220 e. The maximum Gasteiger partial charge on any atom is 0.220 e. The van der Waals surface area contributed by atoms with E-state index in [-0.39, 0.29) is 18.9 Å². The molecular formula is C65H123NO13. The molecule has 79 heavy (non-hydrogen) atoms. The molecule has 0 spiro atoms. The van der Waals surface area contributed by atoms with Crippen molar-refractivity contribution in [1.29, 1.82) is 0 Å². The van der Waals surface area contributed by atoms with Crippen LogP contribution in [0.2, 0.25) is 0 Å². The Bertz CT molecular complexity index is 1420. The van der Waals surface area contributed by atoms with Crippen LogP contribution in [0.15, 0.2) is 24.3 Å². The number of nitrogens with one attached hydrogen (secondary N) is 1. The summed E-state index contributed by atoms with van der Waals surface area (Å²) in [4.78, 5) is 13.3. The average Bonchev–Trinajstić information content (AvgIpc) is 3.47. The fourth-order valence-corrected chi connectivity index (χ4v) is 11.1. The maximum absolute atomic E-state index is 13.3. The predicted molar refractivity (Wildman–Crippen MR) is 318 cm³/mol. The standard InChI is InChI=1S/C65H123NO13/c1-3-5-7-9-11-13-15-17-19-21-23-25-27-29-31-33-35-37-39-41-43-45-47-49-57(70)66-53(52-76-64-62(75)60(73)63(56(51-68)78-64)79-65-61(74)59(72)58(71)55(50-67)77-65)54(69)48-46-44-42-40-38-36-34-32-30-28-26-24-22-20-18-16-14-12-10-8-6-4-2/h38,40,46,48,53-56,58-65,67-69,71-75H,3-37,39,41-45,47,49-52H2,1-2H3,(H,66,70)/b40-38+,48-46+. The number of unbranched alkanes of at least 4 members (excludes halogenated alkanes) is 39. The lowest BCUT2D eigenvalue weighted by atomic mass is 9.97. The fraction of sp³-hybridized carbons (Fsp3) is 0.923. The number of carbonyl (C=O) groups excluding carboxylic acids is 1. The second kappa shape index (κ2) is 50.9. The van der Waals surface area contributed by atoms with E-state index in [1.54, 1.807) is 6.08 Å². The molecule has 1 amide bonds. The Hall–Kier alpha value is -1.53. The van der Waals surface area contributed by atoms with Crippen LogP contribution in [0.3, 0.4) is 0 Å². The Labute approximate surface area is 481 Å². The van der Waals surface area contributed by atoms with Gasteiger partial charge in [0.25, 0.3) is 0 Å². The highest BCUT2D eigenvalue weighted by atomic mass is 16.7. The van der Waals surface area contributed by atoms with Gasteiger partial charge in [-0.15, -0.1) is 0 Å². The average molecular weight is 1130 g/mol. The van der Waals surface area contributed by atoms with Crippen LogP contribution in [0, 0.1) is 0 Å². The van der Waals surface area contributed by atoms with Crippen LogP contribution in [0.25, 0.3) is 0 Å². The van der Waals surface area contributed by atoms with E-state index in [0.717, 1.165) is 32.1 Å². The van der Waals surface area contributed by atoms with E-state index < -0.39 is 86.8 Å². The summed E-state index contributed by atoms with van der Waals surface area (Å²) >= 11 is 0. The number of carbonyl (C=O) groups is 1. The summed E-state index contributed by atoms with van der Waals surface area (Å²) < 4.78 is 22.8. The van der Waals surface area contributed by atoms with Crippen LogP contribution in [-0.4, -0.2) is 140 Å². The van der Waals surface area contributed by atoms with Gasteiger partial charge in [-0.3, -0.25) is 4.79 Å². The van der Waals surface area contributed by atoms with Crippen LogP contribution in [-0.2, 0) is 23.7 Å². The molecule has 14 nitrogen and oxygen atoms in total. The summed E-state index contributed by atoms with van der Waals surface area (Å²) in [5.41, 5.74) is 0. The number of hydrogen-bond acceptors (Lipinski definition) is 13. The number of aliphatic hydroxyl groups is 8. The molecule has 9 N–H and O–H groups in total. The molecule has 0 aromatic carbocycles. The molecule has 0 aromatic heterocycles. The number of rotatable bonds is 54. The zero-order chi connectivity index (χ0) is 57.4. The zero-order valence-corrected chi connectivity index (χ0v) is 50.4. The lowest BCUT2D eigenvalue weighted by Gasteiger charge is -2.46. The molecule has 2 heterocycles. The molecule has 2 fully saturated rings. The topological polar surface area (TPSA) is 228 Å². The molecule has 0 bridgehead atoms. The first-order valence-corrected chi connectivity index (χ1v) is 33.1. The van der Waals surface area contributed by atoms with Crippen molar-refractivity contribution in [1.82, 2.24) is 5.32 Å². The first kappa shape index (κ1) is 73.6. The van der Waals surface area contributed by atoms with Crippen molar-refractivity contribution < 1.29 is 64.6 Å². The molecule has 0 radical (unpaired) electrons. The van der Waals surface area contributed by atoms with Gasteiger partial charge in [-0.05, 0) is 32.1 Å². The second-order valence-electron chi connectivity index (χ2n) is 23.6. The highest BCUT2D eigenvalue weighted by molar-refractivity contribution is 5.76. The lowest BCUT2D eigenvalue weighted by Crippen LogP contribution is -2.65. The van der Waals surface area contributed by atoms with E-state index in [0.29, 0.717) is 12.8 Å². The molecule has 2 saturated heterocycles. The number of hydrogen-bond donors (Lipinski definition) is 9. The first-order valence-electron chi connectivity index (χ1n) is 33.1. The third-order valence-corrected chi connectivity index (χ3v) is 16.4. The van der Waals surface area contributed by atoms with Gasteiger partial charge in [-0.25, -0.2) is 0 Å². The van der Waals surface area contributed by atoms with E-state index in [2.05, 4.69) is 31.3 Å². The van der Waals surface area contributed by atoms with Gasteiger partial charge >= 0.3 is 0 Å². The van der Waals surface area contributed by atoms with Crippen molar-refractivity contribution in [2.75, 3.05) is 19.8 Å². The number of amides is 1. The molecule has 2 aliphatic heterocycles. The number of ether oxygens (including phenoxy) is 4. The molecule has 12 atom stereocenters. The maximum atomic E-state index is 13.3. The lowest BCUT2D eigenvalue weighted by molar-refractivity contribution is -0.359. The molecule has 0 aliphatic carbocycles. The molecule has 2 aliphatic rings. The quantitative estimate of drug-likeness (QED) is 0.0204. The summed E-state index contributed by atoms with van der Waals surface area (Å²) in [6, 6.07) is -0.928. The number of aliphatic hydroxyl groups excluding tert-OH is 8. The van der Waals surface area contributed by atoms with Crippen molar-refractivity contribution in [3.05, 3.63) is 24.3 Å². The van der Waals surface area contributed by atoms with E-state index in [4.69, 9.17) is 18.9 Å². The molecule has 14 heteroatoms. The Morgan fingerprint density at radius 2 is 0.810 bits per heavy atom. The van der Waals surface area contributed by atoms with Gasteiger partial charge in [0.1, 0.15) is 48.8 Å². The fourth-order valence-electron chi connectivity index (χ4n) is 11.1. The SMILES string of the molecule is CCCCCCCCCCCCCCCCCC/C=C/CC/C=C/C(O)C(COC1OC(CO)C(OC2OC(CO)C(O)C(O)C2O)C(O)C1O)NC(=O)CCCCCCCCCCCCCCCCCCCCCCCCC. The summed E-state index contributed by atoms with van der Waals surface area (Å²) in [6.07, 6.45) is 45.1. The Balaban J connectivity index is 1.73. The van der Waals surface area contributed by atoms with Crippen LogP contribution in [0.4, 0.5) is 0 Å². The van der Waals surface area contributed by atoms with Crippen LogP contribution >= 0.6 is 0 Å². The van der Waals surface area contributed by atoms with Crippen molar-refractivity contribution in [2.24, 2.45) is 0 Å². The highest BCUT2D eigenvalue weighted by Gasteiger charge is 2.51. The van der Waals surface area contributed by atoms with Crippen LogP contribution in [0.5, 0.6) is 0 Å². The van der Waals surface area contributed by atoms with E-state index in [9.17, 15) is 45.6 Å². The number of allylic oxidation sites excluding steroid dienone is 3. The molecule has 466 valence electrons. The van der Waals surface area contributed by atoms with Crippen molar-refractivity contribution in [3.63, 3.8) is 0 Å². The summed E-state index contributed by atoms with van der Waals surface area (Å²) in [5.74, 6) is -0.243. The molecule has 2 rings (SSSR count). The van der Waals surface area contributed by atoms with Crippen molar-refractivity contribution in [2.45, 2.75) is 364 Å². The minimum absolute atomic E-state index is 0.243. The normalized spacial score (nSPS) is 24.5. The second-order valence-corrected chi connectivity index (χ2v) is 23.6. The van der Waals surface area contributed by atoms with Gasteiger partial charge in [-0.1, -0.05) is 276 Å². The predicted octanol–water partition coefficient (Wildman–Crippen LogP) is 12.4.